The van der Waals surface area contributed by atoms with Gasteiger partial charge in [0.2, 0.25) is 0 Å². The molecule has 1 aromatic heterocycles. The van der Waals surface area contributed by atoms with Crippen LogP contribution in [-0.4, -0.2) is 16.7 Å². The number of nitrogens with two attached hydrogens (primary N) is 1. The molecule has 0 radical (unpaired) electrons. The molecule has 3 nitrogen and oxygen atoms in total. The summed E-state index contributed by atoms with van der Waals surface area (Å²) < 4.78 is 0. The first-order chi connectivity index (χ1) is 7.22. The molecule has 1 atom stereocenters. The van der Waals surface area contributed by atoms with Crippen LogP contribution in [0.25, 0.3) is 10.9 Å². The van der Waals surface area contributed by atoms with E-state index in [2.05, 4.69) is 4.98 Å². The van der Waals surface area contributed by atoms with E-state index in [-0.39, 0.29) is 19.0 Å². The highest BCUT2D eigenvalue weighted by molar-refractivity contribution is 6.30. The van der Waals surface area contributed by atoms with E-state index in [0.717, 1.165) is 10.9 Å². The molecule has 0 aliphatic rings. The summed E-state index contributed by atoms with van der Waals surface area (Å²) in [5, 5.41) is 10.3. The van der Waals surface area contributed by atoms with E-state index in [1.54, 1.807) is 0 Å². The Morgan fingerprint density at radius 2 is 2.06 bits per heavy atom. The summed E-state index contributed by atoms with van der Waals surface area (Å²) in [6.45, 7) is -0.139. The number of rotatable bonds is 2. The lowest BCUT2D eigenvalue weighted by Crippen LogP contribution is -2.15. The second kappa shape index (κ2) is 5.46. The van der Waals surface area contributed by atoms with E-state index in [1.807, 2.05) is 30.3 Å². The normalized spacial score (nSPS) is 12.2. The SMILES string of the molecule is Cl.N[C@H](CO)c1cc2ccccc2nc1Cl. The Kier molecular flexibility index (Phi) is 4.50. The molecule has 3 N–H and O–H groups in total. The van der Waals surface area contributed by atoms with Gasteiger partial charge in [0.05, 0.1) is 18.2 Å². The molecule has 0 unspecified atom stereocenters. The van der Waals surface area contributed by atoms with Crippen molar-refractivity contribution in [3.05, 3.63) is 41.0 Å². The molecular formula is C11H12Cl2N2O. The molecule has 0 amide bonds. The zero-order chi connectivity index (χ0) is 10.8. The number of para-hydroxylation sites is 1. The molecule has 2 rings (SSSR count). The van der Waals surface area contributed by atoms with Gasteiger partial charge in [-0.15, -0.1) is 12.4 Å². The Hall–Kier alpha value is -0.870. The maximum Gasteiger partial charge on any atom is 0.134 e. The first-order valence-corrected chi connectivity index (χ1v) is 5.02. The van der Waals surface area contributed by atoms with Crippen LogP contribution >= 0.6 is 24.0 Å². The zero-order valence-corrected chi connectivity index (χ0v) is 10.0. The number of fused-ring (bicyclic) bond motifs is 1. The van der Waals surface area contributed by atoms with Gasteiger partial charge in [-0.1, -0.05) is 29.8 Å². The number of aromatic nitrogens is 1. The Labute approximate surface area is 105 Å². The fraction of sp³-hybridized carbons (Fsp3) is 0.182. The second-order valence-corrected chi connectivity index (χ2v) is 3.71. The summed E-state index contributed by atoms with van der Waals surface area (Å²) >= 11 is 5.97. The van der Waals surface area contributed by atoms with Crippen molar-refractivity contribution in [3.63, 3.8) is 0 Å². The number of aliphatic hydroxyl groups excluding tert-OH is 1. The molecule has 0 aliphatic heterocycles. The number of benzene rings is 1. The van der Waals surface area contributed by atoms with Gasteiger partial charge in [-0.05, 0) is 12.1 Å². The minimum Gasteiger partial charge on any atom is -0.394 e. The summed E-state index contributed by atoms with van der Waals surface area (Å²) in [5.41, 5.74) is 7.22. The first-order valence-electron chi connectivity index (χ1n) is 4.64. The molecule has 0 fully saturated rings. The third kappa shape index (κ3) is 2.44. The molecule has 0 saturated carbocycles. The average Bonchev–Trinajstić information content (AvgIpc) is 2.27. The molecule has 2 aromatic rings. The van der Waals surface area contributed by atoms with Gasteiger partial charge >= 0.3 is 0 Å². The topological polar surface area (TPSA) is 59.1 Å². The van der Waals surface area contributed by atoms with Crippen LogP contribution in [0.4, 0.5) is 0 Å². The van der Waals surface area contributed by atoms with Crippen LogP contribution < -0.4 is 5.73 Å². The lowest BCUT2D eigenvalue weighted by molar-refractivity contribution is 0.268. The highest BCUT2D eigenvalue weighted by atomic mass is 35.5. The van der Waals surface area contributed by atoms with Crippen LogP contribution in [0.15, 0.2) is 30.3 Å². The molecule has 16 heavy (non-hydrogen) atoms. The maximum absolute atomic E-state index is 8.97. The molecule has 1 heterocycles. The lowest BCUT2D eigenvalue weighted by atomic mass is 10.1. The van der Waals surface area contributed by atoms with E-state index in [0.29, 0.717) is 10.7 Å². The number of pyridine rings is 1. The van der Waals surface area contributed by atoms with E-state index >= 15 is 0 Å². The van der Waals surface area contributed by atoms with Crippen LogP contribution in [0.1, 0.15) is 11.6 Å². The summed E-state index contributed by atoms with van der Waals surface area (Å²) in [6, 6.07) is 9.03. The van der Waals surface area contributed by atoms with Crippen molar-refractivity contribution >= 4 is 34.9 Å². The lowest BCUT2D eigenvalue weighted by Gasteiger charge is -2.10. The van der Waals surface area contributed by atoms with Gasteiger partial charge in [0, 0.05) is 10.9 Å². The van der Waals surface area contributed by atoms with E-state index in [4.69, 9.17) is 22.4 Å². The summed E-state index contributed by atoms with van der Waals surface area (Å²) in [6.07, 6.45) is 0. The predicted molar refractivity (Wildman–Crippen MR) is 68.0 cm³/mol. The van der Waals surface area contributed by atoms with Crippen molar-refractivity contribution in [2.75, 3.05) is 6.61 Å². The van der Waals surface area contributed by atoms with Gasteiger partial charge in [-0.2, -0.15) is 0 Å². The van der Waals surface area contributed by atoms with Crippen molar-refractivity contribution in [3.8, 4) is 0 Å². The van der Waals surface area contributed by atoms with Gasteiger partial charge < -0.3 is 10.8 Å². The number of nitrogens with zero attached hydrogens (tertiary/aromatic N) is 1. The van der Waals surface area contributed by atoms with Crippen molar-refractivity contribution in [1.29, 1.82) is 0 Å². The van der Waals surface area contributed by atoms with Gasteiger partial charge in [0.25, 0.3) is 0 Å². The van der Waals surface area contributed by atoms with Crippen LogP contribution in [0, 0.1) is 0 Å². The molecule has 0 aliphatic carbocycles. The van der Waals surface area contributed by atoms with Crippen molar-refractivity contribution in [2.24, 2.45) is 5.73 Å². The Morgan fingerprint density at radius 1 is 1.38 bits per heavy atom. The molecule has 1 aromatic carbocycles. The Morgan fingerprint density at radius 3 is 2.75 bits per heavy atom. The average molecular weight is 259 g/mol. The summed E-state index contributed by atoms with van der Waals surface area (Å²) in [5.74, 6) is 0. The quantitative estimate of drug-likeness (QED) is 0.813. The largest absolute Gasteiger partial charge is 0.394 e. The van der Waals surface area contributed by atoms with E-state index in [1.165, 1.54) is 0 Å². The Bertz CT molecular complexity index is 490. The van der Waals surface area contributed by atoms with Crippen LogP contribution in [0.3, 0.4) is 0 Å². The summed E-state index contributed by atoms with van der Waals surface area (Å²) in [4.78, 5) is 4.22. The molecular weight excluding hydrogens is 247 g/mol. The third-order valence-electron chi connectivity index (χ3n) is 2.30. The van der Waals surface area contributed by atoms with Crippen molar-refractivity contribution < 1.29 is 5.11 Å². The minimum absolute atomic E-state index is 0. The fourth-order valence-electron chi connectivity index (χ4n) is 1.47. The summed E-state index contributed by atoms with van der Waals surface area (Å²) in [7, 11) is 0. The smallest absolute Gasteiger partial charge is 0.134 e. The number of aliphatic hydroxyl groups is 1. The van der Waals surface area contributed by atoms with Crippen LogP contribution in [-0.2, 0) is 0 Å². The zero-order valence-electron chi connectivity index (χ0n) is 8.43. The maximum atomic E-state index is 8.97. The van der Waals surface area contributed by atoms with Gasteiger partial charge in [-0.25, -0.2) is 4.98 Å². The van der Waals surface area contributed by atoms with Crippen molar-refractivity contribution in [1.82, 2.24) is 4.98 Å². The van der Waals surface area contributed by atoms with Crippen molar-refractivity contribution in [2.45, 2.75) is 6.04 Å². The Balaban J connectivity index is 0.00000128. The second-order valence-electron chi connectivity index (χ2n) is 3.35. The molecule has 0 saturated heterocycles. The number of halogens is 2. The molecule has 5 heteroatoms. The van der Waals surface area contributed by atoms with E-state index < -0.39 is 6.04 Å². The monoisotopic (exact) mass is 258 g/mol. The third-order valence-corrected chi connectivity index (χ3v) is 2.60. The van der Waals surface area contributed by atoms with Gasteiger partial charge in [0.15, 0.2) is 0 Å². The highest BCUT2D eigenvalue weighted by Gasteiger charge is 2.11. The molecule has 0 bridgehead atoms. The van der Waals surface area contributed by atoms with E-state index in [9.17, 15) is 0 Å². The first kappa shape index (κ1) is 13.2. The van der Waals surface area contributed by atoms with Gasteiger partial charge in [-0.3, -0.25) is 0 Å². The standard InChI is InChI=1S/C11H11ClN2O.ClH/c12-11-8(9(13)6-15)5-7-3-1-2-4-10(7)14-11;/h1-5,9,15H,6,13H2;1H/t9-;/m1./s1. The van der Waals surface area contributed by atoms with Gasteiger partial charge in [0.1, 0.15) is 5.15 Å². The number of hydrogen-bond acceptors (Lipinski definition) is 3. The molecule has 0 spiro atoms. The molecule has 86 valence electrons. The predicted octanol–water partition coefficient (Wildman–Crippen LogP) is 2.30. The minimum atomic E-state index is -0.477. The highest BCUT2D eigenvalue weighted by Crippen LogP contribution is 2.24. The number of hydrogen-bond donors (Lipinski definition) is 2. The fourth-order valence-corrected chi connectivity index (χ4v) is 1.75. The van der Waals surface area contributed by atoms with Crippen LogP contribution in [0.5, 0.6) is 0 Å². The van der Waals surface area contributed by atoms with Crippen LogP contribution in [0.2, 0.25) is 5.15 Å².